The molecule has 0 aliphatic rings. The molecule has 39 heavy (non-hydrogen) atoms. The summed E-state index contributed by atoms with van der Waals surface area (Å²) in [6.07, 6.45) is 0. The number of hydrogen-bond acceptors (Lipinski definition) is 6. The van der Waals surface area contributed by atoms with E-state index in [9.17, 15) is 14.7 Å². The van der Waals surface area contributed by atoms with Crippen molar-refractivity contribution in [1.82, 2.24) is 0 Å². The third-order valence-corrected chi connectivity index (χ3v) is 6.69. The van der Waals surface area contributed by atoms with Gasteiger partial charge in [0, 0.05) is 10.9 Å². The fraction of sp³-hybridized carbons (Fsp3) is 0.0303. The summed E-state index contributed by atoms with van der Waals surface area (Å²) in [4.78, 5) is 27.1. The molecule has 0 radical (unpaired) electrons. The van der Waals surface area contributed by atoms with E-state index in [1.807, 2.05) is 54.6 Å². The number of fused-ring (bicyclic) bond motifs is 2. The summed E-state index contributed by atoms with van der Waals surface area (Å²) in [5.41, 5.74) is 1.09. The first-order valence-electron chi connectivity index (χ1n) is 12.4. The highest BCUT2D eigenvalue weighted by molar-refractivity contribution is 6.04. The van der Waals surface area contributed by atoms with Gasteiger partial charge in [-0.1, -0.05) is 103 Å². The SMILES string of the molecule is O=C(c1ccccc1)C(c1ccccc1)c1c(O)c2cccc(/N=N/c3cccc4ccccc34)c2oc1=O. The van der Waals surface area contributed by atoms with Gasteiger partial charge in [0.2, 0.25) is 0 Å². The monoisotopic (exact) mass is 510 g/mol. The van der Waals surface area contributed by atoms with Crippen molar-refractivity contribution >= 4 is 38.9 Å². The number of carbonyl (C=O) groups excluding carboxylic acids is 1. The molecule has 0 amide bonds. The van der Waals surface area contributed by atoms with Gasteiger partial charge in [-0.05, 0) is 29.1 Å². The lowest BCUT2D eigenvalue weighted by Crippen LogP contribution is -2.21. The first kappa shape index (κ1) is 24.0. The highest BCUT2D eigenvalue weighted by atomic mass is 16.4. The molecule has 0 aliphatic heterocycles. The van der Waals surface area contributed by atoms with Crippen molar-refractivity contribution in [1.29, 1.82) is 0 Å². The van der Waals surface area contributed by atoms with E-state index < -0.39 is 11.5 Å². The molecule has 0 spiro atoms. The molecule has 0 aliphatic carbocycles. The van der Waals surface area contributed by atoms with Gasteiger partial charge in [0.25, 0.3) is 0 Å². The Bertz CT molecular complexity index is 1910. The molecule has 0 fully saturated rings. The van der Waals surface area contributed by atoms with Crippen LogP contribution in [0.5, 0.6) is 5.75 Å². The molecule has 1 aromatic heterocycles. The number of azo groups is 1. The Morgan fingerprint density at radius 3 is 2.05 bits per heavy atom. The molecule has 1 heterocycles. The molecular weight excluding hydrogens is 488 g/mol. The highest BCUT2D eigenvalue weighted by Gasteiger charge is 2.31. The maximum Gasteiger partial charge on any atom is 0.344 e. The first-order chi connectivity index (χ1) is 19.1. The van der Waals surface area contributed by atoms with E-state index in [-0.39, 0.29) is 33.8 Å². The van der Waals surface area contributed by atoms with Gasteiger partial charge in [0.1, 0.15) is 11.4 Å². The molecule has 1 unspecified atom stereocenters. The van der Waals surface area contributed by atoms with Crippen molar-refractivity contribution in [3.8, 4) is 5.75 Å². The van der Waals surface area contributed by atoms with Crippen LogP contribution >= 0.6 is 0 Å². The molecule has 188 valence electrons. The molecule has 6 nitrogen and oxygen atoms in total. The molecule has 1 N–H and O–H groups in total. The van der Waals surface area contributed by atoms with E-state index in [1.54, 1.807) is 66.7 Å². The molecular formula is C33H22N2O4. The third kappa shape index (κ3) is 4.49. The van der Waals surface area contributed by atoms with Gasteiger partial charge in [-0.15, -0.1) is 10.2 Å². The van der Waals surface area contributed by atoms with Crippen LogP contribution < -0.4 is 5.63 Å². The Morgan fingerprint density at radius 1 is 0.667 bits per heavy atom. The summed E-state index contributed by atoms with van der Waals surface area (Å²) in [7, 11) is 0. The van der Waals surface area contributed by atoms with E-state index in [4.69, 9.17) is 4.42 Å². The molecule has 6 aromatic rings. The third-order valence-electron chi connectivity index (χ3n) is 6.69. The normalized spacial score (nSPS) is 12.2. The number of carbonyl (C=O) groups is 1. The highest BCUT2D eigenvalue weighted by Crippen LogP contribution is 2.39. The van der Waals surface area contributed by atoms with Gasteiger partial charge in [-0.25, -0.2) is 4.79 Å². The Morgan fingerprint density at radius 2 is 1.26 bits per heavy atom. The predicted molar refractivity (Wildman–Crippen MR) is 151 cm³/mol. The minimum absolute atomic E-state index is 0.0895. The van der Waals surface area contributed by atoms with Crippen LogP contribution in [0.4, 0.5) is 11.4 Å². The summed E-state index contributed by atoms with van der Waals surface area (Å²) in [5, 5.41) is 22.4. The Kier molecular flexibility index (Phi) is 6.27. The predicted octanol–water partition coefficient (Wildman–Crippen LogP) is 8.08. The van der Waals surface area contributed by atoms with Crippen LogP contribution in [0, 0.1) is 0 Å². The van der Waals surface area contributed by atoms with Crippen molar-refractivity contribution in [2.75, 3.05) is 0 Å². The Labute approximate surface area is 223 Å². The lowest BCUT2D eigenvalue weighted by molar-refractivity contribution is 0.0971. The first-order valence-corrected chi connectivity index (χ1v) is 12.4. The molecule has 0 saturated heterocycles. The Hall–Kier alpha value is -5.36. The van der Waals surface area contributed by atoms with Crippen LogP contribution in [0.2, 0.25) is 0 Å². The lowest BCUT2D eigenvalue weighted by atomic mass is 9.84. The van der Waals surface area contributed by atoms with Crippen LogP contribution in [-0.4, -0.2) is 10.9 Å². The minimum atomic E-state index is -1.06. The average Bonchev–Trinajstić information content (AvgIpc) is 2.99. The standard InChI is InChI=1S/C33H22N2O4/c36-30(23-14-5-2-6-15-23)28(22-12-3-1-4-13-22)29-31(37)25-18-10-20-27(32(25)39-33(29)38)35-34-26-19-9-16-21-11-7-8-17-24(21)26/h1-20,28,37H/b35-34+. The van der Waals surface area contributed by atoms with Gasteiger partial charge in [0.15, 0.2) is 11.4 Å². The fourth-order valence-corrected chi connectivity index (χ4v) is 4.81. The topological polar surface area (TPSA) is 92.2 Å². The van der Waals surface area contributed by atoms with E-state index in [0.717, 1.165) is 10.8 Å². The van der Waals surface area contributed by atoms with Gasteiger partial charge < -0.3 is 9.52 Å². The van der Waals surface area contributed by atoms with E-state index in [2.05, 4.69) is 10.2 Å². The van der Waals surface area contributed by atoms with E-state index in [1.165, 1.54) is 0 Å². The second kappa shape index (κ2) is 10.2. The summed E-state index contributed by atoms with van der Waals surface area (Å²) >= 11 is 0. The van der Waals surface area contributed by atoms with Crippen LogP contribution in [-0.2, 0) is 0 Å². The number of nitrogens with zero attached hydrogens (tertiary/aromatic N) is 2. The number of para-hydroxylation sites is 1. The second-order valence-corrected chi connectivity index (χ2v) is 9.08. The molecule has 0 saturated carbocycles. The zero-order valence-electron chi connectivity index (χ0n) is 20.7. The van der Waals surface area contributed by atoms with Gasteiger partial charge >= 0.3 is 5.63 Å². The maximum atomic E-state index is 13.7. The zero-order chi connectivity index (χ0) is 26.8. The minimum Gasteiger partial charge on any atom is -0.507 e. The number of aromatic hydroxyl groups is 1. The summed E-state index contributed by atoms with van der Waals surface area (Å²) < 4.78 is 5.75. The van der Waals surface area contributed by atoms with Gasteiger partial charge in [-0.3, -0.25) is 4.79 Å². The summed E-state index contributed by atoms with van der Waals surface area (Å²) in [6, 6.07) is 36.1. The van der Waals surface area contributed by atoms with Crippen molar-refractivity contribution in [3.63, 3.8) is 0 Å². The van der Waals surface area contributed by atoms with Gasteiger partial charge in [0.05, 0.1) is 22.6 Å². The Balaban J connectivity index is 1.50. The van der Waals surface area contributed by atoms with Crippen molar-refractivity contribution in [3.05, 3.63) is 148 Å². The van der Waals surface area contributed by atoms with Crippen molar-refractivity contribution < 1.29 is 14.3 Å². The zero-order valence-corrected chi connectivity index (χ0v) is 20.7. The number of ketones is 1. The molecule has 6 heteroatoms. The molecule has 1 atom stereocenters. The van der Waals surface area contributed by atoms with Crippen molar-refractivity contribution in [2.24, 2.45) is 10.2 Å². The number of benzene rings is 5. The van der Waals surface area contributed by atoms with Crippen LogP contribution in [0.1, 0.15) is 27.4 Å². The van der Waals surface area contributed by atoms with Gasteiger partial charge in [-0.2, -0.15) is 0 Å². The second-order valence-electron chi connectivity index (χ2n) is 9.08. The van der Waals surface area contributed by atoms with E-state index >= 15 is 0 Å². The van der Waals surface area contributed by atoms with Crippen LogP contribution in [0.25, 0.3) is 21.7 Å². The maximum absolute atomic E-state index is 13.7. The lowest BCUT2D eigenvalue weighted by Gasteiger charge is -2.18. The molecule has 0 bridgehead atoms. The van der Waals surface area contributed by atoms with Crippen LogP contribution in [0.3, 0.4) is 0 Å². The molecule has 5 aromatic carbocycles. The smallest absolute Gasteiger partial charge is 0.344 e. The number of Topliss-reactive ketones (excluding diaryl/α,β-unsaturated/α-hetero) is 1. The number of hydrogen-bond donors (Lipinski definition) is 1. The largest absolute Gasteiger partial charge is 0.507 e. The fourth-order valence-electron chi connectivity index (χ4n) is 4.81. The number of rotatable bonds is 6. The quantitative estimate of drug-likeness (QED) is 0.139. The van der Waals surface area contributed by atoms with Crippen molar-refractivity contribution in [2.45, 2.75) is 5.92 Å². The summed E-state index contributed by atoms with van der Waals surface area (Å²) in [6.45, 7) is 0. The van der Waals surface area contributed by atoms with Crippen LogP contribution in [0.15, 0.2) is 141 Å². The van der Waals surface area contributed by atoms with E-state index in [0.29, 0.717) is 16.8 Å². The summed E-state index contributed by atoms with van der Waals surface area (Å²) in [5.74, 6) is -1.70. The average molecular weight is 511 g/mol. The molecule has 6 rings (SSSR count).